The predicted molar refractivity (Wildman–Crippen MR) is 72.9 cm³/mol. The zero-order chi connectivity index (χ0) is 16.3. The summed E-state index contributed by atoms with van der Waals surface area (Å²) in [4.78, 5) is 11.4. The molecule has 0 unspecified atom stereocenters. The Bertz CT molecular complexity index is 608. The number of hydrogen-bond acceptors (Lipinski definition) is 4. The number of nitrogens with zero attached hydrogens (tertiary/aromatic N) is 1. The van der Waals surface area contributed by atoms with E-state index >= 15 is 0 Å². The van der Waals surface area contributed by atoms with Gasteiger partial charge in [-0.05, 0) is 37.5 Å². The molecular weight excluding hydrogens is 297 g/mol. The van der Waals surface area contributed by atoms with E-state index in [2.05, 4.69) is 10.1 Å². The van der Waals surface area contributed by atoms with Crippen molar-refractivity contribution in [2.24, 2.45) is 5.92 Å². The molecule has 0 aromatic heterocycles. The fourth-order valence-corrected chi connectivity index (χ4v) is 2.70. The summed E-state index contributed by atoms with van der Waals surface area (Å²) >= 11 is 0. The monoisotopic (exact) mass is 312 g/mol. The summed E-state index contributed by atoms with van der Waals surface area (Å²) in [5.74, 6) is -0.457. The molecule has 22 heavy (non-hydrogen) atoms. The summed E-state index contributed by atoms with van der Waals surface area (Å²) in [7, 11) is 1.33. The molecule has 1 aromatic rings. The summed E-state index contributed by atoms with van der Waals surface area (Å²) < 4.78 is 42.9. The van der Waals surface area contributed by atoms with Gasteiger partial charge in [0.1, 0.15) is 0 Å². The van der Waals surface area contributed by atoms with Gasteiger partial charge in [-0.2, -0.15) is 18.4 Å². The van der Waals surface area contributed by atoms with Crippen LogP contribution in [-0.4, -0.2) is 19.1 Å². The maximum Gasteiger partial charge on any atom is 0.417 e. The smallest absolute Gasteiger partial charge is 0.417 e. The van der Waals surface area contributed by atoms with Crippen LogP contribution in [-0.2, 0) is 15.7 Å². The zero-order valence-electron chi connectivity index (χ0n) is 11.9. The first-order valence-electron chi connectivity index (χ1n) is 6.81. The normalized spacial score (nSPS) is 21.2. The van der Waals surface area contributed by atoms with Crippen LogP contribution < -0.4 is 5.32 Å². The molecule has 1 saturated carbocycles. The molecule has 0 aliphatic heterocycles. The van der Waals surface area contributed by atoms with Crippen LogP contribution in [0.15, 0.2) is 18.2 Å². The lowest BCUT2D eigenvalue weighted by atomic mass is 10.1. The van der Waals surface area contributed by atoms with Crippen molar-refractivity contribution >= 4 is 11.7 Å². The van der Waals surface area contributed by atoms with Gasteiger partial charge in [0, 0.05) is 11.7 Å². The molecule has 2 rings (SSSR count). The van der Waals surface area contributed by atoms with Gasteiger partial charge in [0.2, 0.25) is 0 Å². The maximum absolute atomic E-state index is 12.7. The minimum Gasteiger partial charge on any atom is -0.469 e. The summed E-state index contributed by atoms with van der Waals surface area (Å²) in [5.41, 5.74) is -0.917. The van der Waals surface area contributed by atoms with Crippen LogP contribution in [0.5, 0.6) is 0 Å². The van der Waals surface area contributed by atoms with Gasteiger partial charge in [-0.1, -0.05) is 0 Å². The Morgan fingerprint density at radius 1 is 1.41 bits per heavy atom. The SMILES string of the molecule is COC(=O)[C@H]1CC[C@@H](Nc2ccc(C(F)(F)F)c(C#N)c2)C1. The number of alkyl halides is 3. The largest absolute Gasteiger partial charge is 0.469 e. The van der Waals surface area contributed by atoms with Gasteiger partial charge in [-0.15, -0.1) is 0 Å². The third kappa shape index (κ3) is 3.50. The quantitative estimate of drug-likeness (QED) is 0.870. The number of anilines is 1. The highest BCUT2D eigenvalue weighted by Gasteiger charge is 2.34. The fourth-order valence-electron chi connectivity index (χ4n) is 2.70. The summed E-state index contributed by atoms with van der Waals surface area (Å²) in [5, 5.41) is 12.0. The molecule has 0 bridgehead atoms. The van der Waals surface area contributed by atoms with Crippen molar-refractivity contribution in [1.29, 1.82) is 5.26 Å². The lowest BCUT2D eigenvalue weighted by molar-refractivity contribution is -0.145. The number of rotatable bonds is 3. The van der Waals surface area contributed by atoms with E-state index in [1.165, 1.54) is 19.2 Å². The predicted octanol–water partition coefficient (Wildman–Crippen LogP) is 3.33. The molecule has 118 valence electrons. The van der Waals surface area contributed by atoms with Crippen molar-refractivity contribution in [3.05, 3.63) is 29.3 Å². The number of carbonyl (C=O) groups excluding carboxylic acids is 1. The molecule has 2 atom stereocenters. The highest BCUT2D eigenvalue weighted by Crippen LogP contribution is 2.34. The van der Waals surface area contributed by atoms with Gasteiger partial charge in [-0.25, -0.2) is 0 Å². The van der Waals surface area contributed by atoms with Crippen LogP contribution in [0.1, 0.15) is 30.4 Å². The highest BCUT2D eigenvalue weighted by molar-refractivity contribution is 5.72. The second-order valence-corrected chi connectivity index (χ2v) is 5.24. The van der Waals surface area contributed by atoms with Crippen molar-refractivity contribution in [2.75, 3.05) is 12.4 Å². The van der Waals surface area contributed by atoms with E-state index in [-0.39, 0.29) is 17.9 Å². The number of halogens is 3. The molecule has 1 aliphatic rings. The van der Waals surface area contributed by atoms with Gasteiger partial charge >= 0.3 is 12.1 Å². The molecule has 7 heteroatoms. The van der Waals surface area contributed by atoms with Crippen molar-refractivity contribution < 1.29 is 22.7 Å². The molecule has 0 amide bonds. The summed E-state index contributed by atoms with van der Waals surface area (Å²) in [6, 6.07) is 4.93. The first-order valence-corrected chi connectivity index (χ1v) is 6.81. The minimum absolute atomic E-state index is 0.0209. The Morgan fingerprint density at radius 3 is 2.73 bits per heavy atom. The van der Waals surface area contributed by atoms with Crippen LogP contribution in [0.3, 0.4) is 0 Å². The van der Waals surface area contributed by atoms with Crippen molar-refractivity contribution in [3.8, 4) is 6.07 Å². The van der Waals surface area contributed by atoms with E-state index in [9.17, 15) is 18.0 Å². The van der Waals surface area contributed by atoms with Crippen molar-refractivity contribution in [1.82, 2.24) is 0 Å². The van der Waals surface area contributed by atoms with Crippen LogP contribution in [0, 0.1) is 17.2 Å². The Labute approximate surface area is 125 Å². The maximum atomic E-state index is 12.7. The van der Waals surface area contributed by atoms with Gasteiger partial charge < -0.3 is 10.1 Å². The molecule has 4 nitrogen and oxygen atoms in total. The van der Waals surface area contributed by atoms with Gasteiger partial charge in [0.25, 0.3) is 0 Å². The van der Waals surface area contributed by atoms with E-state index in [0.29, 0.717) is 18.5 Å². The number of nitrogens with one attached hydrogen (secondary N) is 1. The lowest BCUT2D eigenvalue weighted by Gasteiger charge is -2.16. The van der Waals surface area contributed by atoms with Crippen LogP contribution in [0.25, 0.3) is 0 Å². The first-order chi connectivity index (χ1) is 10.3. The van der Waals surface area contributed by atoms with E-state index in [4.69, 9.17) is 5.26 Å². The second kappa shape index (κ2) is 6.26. The van der Waals surface area contributed by atoms with Crippen molar-refractivity contribution in [2.45, 2.75) is 31.5 Å². The fraction of sp³-hybridized carbons (Fsp3) is 0.467. The van der Waals surface area contributed by atoms with E-state index in [0.717, 1.165) is 12.5 Å². The number of hydrogen-bond donors (Lipinski definition) is 1. The Morgan fingerprint density at radius 2 is 2.14 bits per heavy atom. The van der Waals surface area contributed by atoms with Crippen molar-refractivity contribution in [3.63, 3.8) is 0 Å². The number of benzene rings is 1. The molecular formula is C15H15F3N2O2. The van der Waals surface area contributed by atoms with E-state index in [1.54, 1.807) is 6.07 Å². The molecule has 0 spiro atoms. The summed E-state index contributed by atoms with van der Waals surface area (Å²) in [6.07, 6.45) is -2.58. The number of ether oxygens (including phenoxy) is 1. The Hall–Kier alpha value is -2.23. The first kappa shape index (κ1) is 16.1. The second-order valence-electron chi connectivity index (χ2n) is 5.24. The van der Waals surface area contributed by atoms with Gasteiger partial charge in [0.05, 0.1) is 30.2 Å². The topological polar surface area (TPSA) is 62.1 Å². The molecule has 1 aliphatic carbocycles. The minimum atomic E-state index is -4.55. The number of nitriles is 1. The third-order valence-corrected chi connectivity index (χ3v) is 3.78. The lowest BCUT2D eigenvalue weighted by Crippen LogP contribution is -2.19. The highest BCUT2D eigenvalue weighted by atomic mass is 19.4. The average molecular weight is 312 g/mol. The molecule has 0 heterocycles. The van der Waals surface area contributed by atoms with E-state index < -0.39 is 17.3 Å². The van der Waals surface area contributed by atoms with Crippen LogP contribution in [0.4, 0.5) is 18.9 Å². The number of carbonyl (C=O) groups is 1. The van der Waals surface area contributed by atoms with Gasteiger partial charge in [0.15, 0.2) is 0 Å². The third-order valence-electron chi connectivity index (χ3n) is 3.78. The van der Waals surface area contributed by atoms with E-state index in [1.807, 2.05) is 0 Å². The zero-order valence-corrected chi connectivity index (χ0v) is 11.9. The molecule has 0 saturated heterocycles. The standard InChI is InChI=1S/C15H15F3N2O2/c1-22-14(21)9-2-3-11(6-9)20-12-4-5-13(15(16,17)18)10(7-12)8-19/h4-5,7,9,11,20H,2-3,6H2,1H3/t9-,11+/m0/s1. The molecule has 1 aromatic carbocycles. The Kier molecular flexibility index (Phi) is 4.59. The number of esters is 1. The molecule has 0 radical (unpaired) electrons. The average Bonchev–Trinajstić information content (AvgIpc) is 2.93. The van der Waals surface area contributed by atoms with Crippen LogP contribution >= 0.6 is 0 Å². The van der Waals surface area contributed by atoms with Crippen LogP contribution in [0.2, 0.25) is 0 Å². The molecule has 1 N–H and O–H groups in total. The van der Waals surface area contributed by atoms with Gasteiger partial charge in [-0.3, -0.25) is 4.79 Å². The summed E-state index contributed by atoms with van der Waals surface area (Å²) in [6.45, 7) is 0. The number of methoxy groups -OCH3 is 1. The Balaban J connectivity index is 2.09. The molecule has 1 fully saturated rings.